The summed E-state index contributed by atoms with van der Waals surface area (Å²) in [5.74, 6) is 0. The van der Waals surface area contributed by atoms with Crippen molar-refractivity contribution in [2.75, 3.05) is 13.1 Å². The van der Waals surface area contributed by atoms with Gasteiger partial charge in [-0.2, -0.15) is 0 Å². The van der Waals surface area contributed by atoms with Crippen molar-refractivity contribution in [3.05, 3.63) is 36.0 Å². The number of nitrogens with zero attached hydrogens (tertiary/aromatic N) is 1. The molecule has 0 aromatic carbocycles. The van der Waals surface area contributed by atoms with Crippen LogP contribution in [0.3, 0.4) is 0 Å². The summed E-state index contributed by atoms with van der Waals surface area (Å²) in [6.07, 6.45) is 14.5. The molecule has 1 aliphatic carbocycles. The van der Waals surface area contributed by atoms with Gasteiger partial charge in [-0.1, -0.05) is 35.8 Å². The zero-order valence-electron chi connectivity index (χ0n) is 11.1. The Kier molecular flexibility index (Phi) is 4.61. The highest BCUT2D eigenvalue weighted by atomic mass is 15.2. The van der Waals surface area contributed by atoms with Crippen molar-refractivity contribution in [1.82, 2.24) is 4.90 Å². The molecule has 1 nitrogen and oxygen atoms in total. The first kappa shape index (κ1) is 12.6. The normalized spacial score (nSPS) is 26.3. The van der Waals surface area contributed by atoms with Crippen molar-refractivity contribution in [2.45, 2.75) is 51.5 Å². The van der Waals surface area contributed by atoms with E-state index in [4.69, 9.17) is 0 Å². The summed E-state index contributed by atoms with van der Waals surface area (Å²) in [5, 5.41) is 0. The van der Waals surface area contributed by atoms with Gasteiger partial charge in [-0.25, -0.2) is 0 Å². The number of likely N-dealkylation sites (tertiary alicyclic amines) is 1. The van der Waals surface area contributed by atoms with Crippen LogP contribution in [-0.4, -0.2) is 24.0 Å². The molecular weight excluding hydrogens is 206 g/mol. The predicted octanol–water partition coefficient (Wildman–Crippen LogP) is 4.08. The summed E-state index contributed by atoms with van der Waals surface area (Å²) in [5.41, 5.74) is 3.14. The van der Waals surface area contributed by atoms with Crippen LogP contribution < -0.4 is 0 Å². The molecule has 1 unspecified atom stereocenters. The van der Waals surface area contributed by atoms with E-state index >= 15 is 0 Å². The van der Waals surface area contributed by atoms with Crippen LogP contribution in [-0.2, 0) is 0 Å². The molecule has 0 saturated carbocycles. The third-order valence-electron chi connectivity index (χ3n) is 4.04. The lowest BCUT2D eigenvalue weighted by Crippen LogP contribution is -2.40. The van der Waals surface area contributed by atoms with E-state index in [1.54, 1.807) is 5.57 Å². The van der Waals surface area contributed by atoms with Crippen LogP contribution in [0.4, 0.5) is 0 Å². The van der Waals surface area contributed by atoms with Gasteiger partial charge in [0.05, 0.1) is 0 Å². The van der Waals surface area contributed by atoms with E-state index in [0.717, 1.165) is 12.5 Å². The number of piperidine rings is 1. The summed E-state index contributed by atoms with van der Waals surface area (Å²) in [4.78, 5) is 2.67. The third-order valence-corrected chi connectivity index (χ3v) is 4.04. The number of rotatable bonds is 4. The molecule has 1 atom stereocenters. The van der Waals surface area contributed by atoms with Gasteiger partial charge >= 0.3 is 0 Å². The average molecular weight is 231 g/mol. The SMILES string of the molecule is C=CCC1CCCCN1CC1=CC=C(C)CC1. The molecule has 0 radical (unpaired) electrons. The highest BCUT2D eigenvalue weighted by molar-refractivity contribution is 5.23. The minimum absolute atomic E-state index is 0.745. The molecule has 2 aliphatic rings. The van der Waals surface area contributed by atoms with E-state index in [-0.39, 0.29) is 0 Å². The Hall–Kier alpha value is -0.820. The van der Waals surface area contributed by atoms with Gasteiger partial charge in [0.1, 0.15) is 0 Å². The number of hydrogen-bond donors (Lipinski definition) is 0. The highest BCUT2D eigenvalue weighted by Crippen LogP contribution is 2.24. The van der Waals surface area contributed by atoms with E-state index in [2.05, 4.69) is 36.6 Å². The molecule has 0 aromatic rings. The van der Waals surface area contributed by atoms with Crippen LogP contribution in [0.2, 0.25) is 0 Å². The van der Waals surface area contributed by atoms with Crippen LogP contribution in [0, 0.1) is 0 Å². The maximum absolute atomic E-state index is 3.90. The van der Waals surface area contributed by atoms with Crippen LogP contribution >= 0.6 is 0 Å². The topological polar surface area (TPSA) is 3.24 Å². The quantitative estimate of drug-likeness (QED) is 0.659. The summed E-state index contributed by atoms with van der Waals surface area (Å²) < 4.78 is 0. The predicted molar refractivity (Wildman–Crippen MR) is 75.1 cm³/mol. The maximum atomic E-state index is 3.90. The largest absolute Gasteiger partial charge is 0.296 e. The summed E-state index contributed by atoms with van der Waals surface area (Å²) in [6, 6.07) is 0.745. The first-order valence-corrected chi connectivity index (χ1v) is 6.99. The van der Waals surface area contributed by atoms with E-state index in [1.807, 2.05) is 0 Å². The maximum Gasteiger partial charge on any atom is 0.0199 e. The molecule has 0 amide bonds. The lowest BCUT2D eigenvalue weighted by atomic mass is 9.95. The number of allylic oxidation sites excluding steroid dienone is 3. The number of hydrogen-bond acceptors (Lipinski definition) is 1. The lowest BCUT2D eigenvalue weighted by Gasteiger charge is -2.36. The van der Waals surface area contributed by atoms with Gasteiger partial charge in [0.15, 0.2) is 0 Å². The second kappa shape index (κ2) is 6.20. The fraction of sp³-hybridized carbons (Fsp3) is 0.625. The Morgan fingerprint density at radius 1 is 1.35 bits per heavy atom. The van der Waals surface area contributed by atoms with E-state index < -0.39 is 0 Å². The van der Waals surface area contributed by atoms with Gasteiger partial charge in [0.25, 0.3) is 0 Å². The van der Waals surface area contributed by atoms with Gasteiger partial charge in [-0.3, -0.25) is 4.90 Å². The zero-order chi connectivity index (χ0) is 12.1. The molecule has 0 spiro atoms. The van der Waals surface area contributed by atoms with Gasteiger partial charge in [0.2, 0.25) is 0 Å². The molecule has 94 valence electrons. The van der Waals surface area contributed by atoms with Crippen LogP contribution in [0.5, 0.6) is 0 Å². The molecule has 17 heavy (non-hydrogen) atoms. The van der Waals surface area contributed by atoms with Crippen molar-refractivity contribution in [1.29, 1.82) is 0 Å². The average Bonchev–Trinajstić information content (AvgIpc) is 2.35. The van der Waals surface area contributed by atoms with E-state index in [0.29, 0.717) is 0 Å². The Morgan fingerprint density at radius 3 is 2.94 bits per heavy atom. The second-order valence-corrected chi connectivity index (χ2v) is 5.48. The van der Waals surface area contributed by atoms with Crippen LogP contribution in [0.1, 0.15) is 45.4 Å². The van der Waals surface area contributed by atoms with Gasteiger partial charge in [-0.05, 0) is 45.6 Å². The minimum atomic E-state index is 0.745. The summed E-state index contributed by atoms with van der Waals surface area (Å²) >= 11 is 0. The fourth-order valence-electron chi connectivity index (χ4n) is 2.90. The molecule has 1 heteroatoms. The van der Waals surface area contributed by atoms with Crippen LogP contribution in [0.25, 0.3) is 0 Å². The highest BCUT2D eigenvalue weighted by Gasteiger charge is 2.21. The molecule has 2 rings (SSSR count). The standard InChI is InChI=1S/C16H25N/c1-3-6-16-7-4-5-12-17(16)13-15-10-8-14(2)9-11-15/h3,8,10,16H,1,4-7,9,11-13H2,2H3. The summed E-state index contributed by atoms with van der Waals surface area (Å²) in [7, 11) is 0. The smallest absolute Gasteiger partial charge is 0.0199 e. The molecule has 0 aromatic heterocycles. The minimum Gasteiger partial charge on any atom is -0.296 e. The van der Waals surface area contributed by atoms with Crippen molar-refractivity contribution in [3.8, 4) is 0 Å². The third kappa shape index (κ3) is 3.57. The monoisotopic (exact) mass is 231 g/mol. The Balaban J connectivity index is 1.94. The van der Waals surface area contributed by atoms with Crippen molar-refractivity contribution < 1.29 is 0 Å². The van der Waals surface area contributed by atoms with Crippen molar-refractivity contribution in [2.24, 2.45) is 0 Å². The zero-order valence-corrected chi connectivity index (χ0v) is 11.1. The van der Waals surface area contributed by atoms with Gasteiger partial charge in [0, 0.05) is 12.6 Å². The van der Waals surface area contributed by atoms with Crippen LogP contribution in [0.15, 0.2) is 36.0 Å². The molecular formula is C16H25N. The Bertz CT molecular complexity index is 324. The molecule has 1 heterocycles. The molecule has 1 fully saturated rings. The van der Waals surface area contributed by atoms with Gasteiger partial charge < -0.3 is 0 Å². The lowest BCUT2D eigenvalue weighted by molar-refractivity contribution is 0.161. The summed E-state index contributed by atoms with van der Waals surface area (Å²) in [6.45, 7) is 8.59. The van der Waals surface area contributed by atoms with E-state index in [9.17, 15) is 0 Å². The fourth-order valence-corrected chi connectivity index (χ4v) is 2.90. The van der Waals surface area contributed by atoms with Gasteiger partial charge in [-0.15, -0.1) is 6.58 Å². The van der Waals surface area contributed by atoms with E-state index in [1.165, 1.54) is 50.8 Å². The first-order chi connectivity index (χ1) is 8.29. The van der Waals surface area contributed by atoms with Crippen molar-refractivity contribution >= 4 is 0 Å². The molecule has 1 saturated heterocycles. The van der Waals surface area contributed by atoms with Crippen molar-refractivity contribution in [3.63, 3.8) is 0 Å². The second-order valence-electron chi connectivity index (χ2n) is 5.48. The first-order valence-electron chi connectivity index (χ1n) is 6.99. The molecule has 1 aliphatic heterocycles. The molecule has 0 N–H and O–H groups in total. The Labute approximate surface area is 106 Å². The molecule has 0 bridgehead atoms. The Morgan fingerprint density at radius 2 is 2.24 bits per heavy atom.